The first kappa shape index (κ1) is 15.5. The van der Waals surface area contributed by atoms with E-state index in [1.54, 1.807) is 18.2 Å². The fourth-order valence-electron chi connectivity index (χ4n) is 1.98. The summed E-state index contributed by atoms with van der Waals surface area (Å²) < 4.78 is 0. The van der Waals surface area contributed by atoms with Crippen molar-refractivity contribution in [3.8, 4) is 0 Å². The van der Waals surface area contributed by atoms with E-state index in [0.29, 0.717) is 23.7 Å². The quantitative estimate of drug-likeness (QED) is 0.766. The number of aliphatic hydroxyl groups is 1. The molecular weight excluding hydrogens is 288 g/mol. The van der Waals surface area contributed by atoms with Crippen molar-refractivity contribution < 1.29 is 9.90 Å². The molecule has 0 saturated heterocycles. The van der Waals surface area contributed by atoms with Crippen molar-refractivity contribution in [3.63, 3.8) is 0 Å². The molecule has 2 aromatic carbocycles. The maximum Gasteiger partial charge on any atom is 0.248 e. The van der Waals surface area contributed by atoms with Crippen LogP contribution in [-0.4, -0.2) is 17.6 Å². The van der Waals surface area contributed by atoms with Gasteiger partial charge >= 0.3 is 0 Å². The number of nitrogens with two attached hydrogens (primary N) is 1. The van der Waals surface area contributed by atoms with Gasteiger partial charge in [0.25, 0.3) is 0 Å². The predicted molar refractivity (Wildman–Crippen MR) is 83.1 cm³/mol. The van der Waals surface area contributed by atoms with Gasteiger partial charge in [-0.05, 0) is 23.3 Å². The predicted octanol–water partition coefficient (Wildman–Crippen LogP) is 2.26. The second-order valence-corrected chi connectivity index (χ2v) is 5.14. The van der Waals surface area contributed by atoms with Crippen LogP contribution in [0.1, 0.15) is 27.6 Å². The Morgan fingerprint density at radius 1 is 1.24 bits per heavy atom. The van der Waals surface area contributed by atoms with Crippen molar-refractivity contribution in [3.05, 3.63) is 70.2 Å². The first-order chi connectivity index (χ1) is 10.1. The first-order valence-electron chi connectivity index (χ1n) is 6.60. The number of rotatable bonds is 6. The molecule has 0 aliphatic heterocycles. The Morgan fingerprint density at radius 2 is 1.95 bits per heavy atom. The minimum atomic E-state index is -0.574. The molecule has 0 aliphatic carbocycles. The minimum Gasteiger partial charge on any atom is -0.387 e. The summed E-state index contributed by atoms with van der Waals surface area (Å²) in [4.78, 5) is 11.0. The molecule has 0 spiro atoms. The van der Waals surface area contributed by atoms with E-state index < -0.39 is 12.0 Å². The second-order valence-electron chi connectivity index (χ2n) is 4.73. The molecule has 4 nitrogen and oxygen atoms in total. The fourth-order valence-corrected chi connectivity index (χ4v) is 2.23. The van der Waals surface area contributed by atoms with Gasteiger partial charge in [0.15, 0.2) is 0 Å². The van der Waals surface area contributed by atoms with Gasteiger partial charge in [-0.2, -0.15) is 0 Å². The summed E-state index contributed by atoms with van der Waals surface area (Å²) in [5.74, 6) is -0.504. The number of aliphatic hydroxyl groups excluding tert-OH is 1. The van der Waals surface area contributed by atoms with E-state index in [0.717, 1.165) is 11.1 Å². The monoisotopic (exact) mass is 304 g/mol. The average Bonchev–Trinajstić information content (AvgIpc) is 2.49. The molecule has 110 valence electrons. The smallest absolute Gasteiger partial charge is 0.248 e. The van der Waals surface area contributed by atoms with E-state index in [1.807, 2.05) is 30.3 Å². The van der Waals surface area contributed by atoms with Gasteiger partial charge in [-0.1, -0.05) is 48.0 Å². The van der Waals surface area contributed by atoms with Crippen LogP contribution < -0.4 is 11.1 Å². The lowest BCUT2D eigenvalue weighted by Gasteiger charge is -2.13. The van der Waals surface area contributed by atoms with Gasteiger partial charge in [0.1, 0.15) is 0 Å². The van der Waals surface area contributed by atoms with E-state index in [2.05, 4.69) is 5.32 Å². The SMILES string of the molecule is NC(=O)c1ccc(CNCC(O)c2ccccc2)c(Cl)c1. The number of amides is 1. The second kappa shape index (κ2) is 7.22. The summed E-state index contributed by atoms with van der Waals surface area (Å²) in [5, 5.41) is 13.6. The zero-order valence-corrected chi connectivity index (χ0v) is 12.2. The molecule has 0 bridgehead atoms. The van der Waals surface area contributed by atoms with E-state index >= 15 is 0 Å². The molecule has 2 rings (SSSR count). The van der Waals surface area contributed by atoms with E-state index in [4.69, 9.17) is 17.3 Å². The van der Waals surface area contributed by atoms with Gasteiger partial charge in [0.05, 0.1) is 6.10 Å². The normalized spacial score (nSPS) is 12.1. The molecule has 0 saturated carbocycles. The Morgan fingerprint density at radius 3 is 2.57 bits per heavy atom. The summed E-state index contributed by atoms with van der Waals surface area (Å²) >= 11 is 6.10. The van der Waals surface area contributed by atoms with E-state index in [1.165, 1.54) is 0 Å². The molecule has 5 heteroatoms. The Hall–Kier alpha value is -1.88. The molecule has 1 unspecified atom stereocenters. The average molecular weight is 305 g/mol. The van der Waals surface area contributed by atoms with Crippen LogP contribution in [0.4, 0.5) is 0 Å². The third-order valence-electron chi connectivity index (χ3n) is 3.18. The Bertz CT molecular complexity index is 617. The highest BCUT2D eigenvalue weighted by molar-refractivity contribution is 6.31. The van der Waals surface area contributed by atoms with Crippen LogP contribution in [0.2, 0.25) is 5.02 Å². The largest absolute Gasteiger partial charge is 0.387 e. The zero-order chi connectivity index (χ0) is 15.2. The molecule has 0 aromatic heterocycles. The molecule has 0 heterocycles. The van der Waals surface area contributed by atoms with Gasteiger partial charge in [0.2, 0.25) is 5.91 Å². The maximum atomic E-state index is 11.0. The lowest BCUT2D eigenvalue weighted by Crippen LogP contribution is -2.21. The van der Waals surface area contributed by atoms with Crippen molar-refractivity contribution >= 4 is 17.5 Å². The van der Waals surface area contributed by atoms with Crippen molar-refractivity contribution in [1.29, 1.82) is 0 Å². The van der Waals surface area contributed by atoms with Crippen LogP contribution in [0.15, 0.2) is 48.5 Å². The van der Waals surface area contributed by atoms with Gasteiger partial charge in [-0.3, -0.25) is 4.79 Å². The number of hydrogen-bond acceptors (Lipinski definition) is 3. The number of hydrogen-bond donors (Lipinski definition) is 3. The third-order valence-corrected chi connectivity index (χ3v) is 3.53. The molecule has 0 aliphatic rings. The molecule has 1 atom stereocenters. The van der Waals surface area contributed by atoms with Crippen molar-refractivity contribution in [1.82, 2.24) is 5.32 Å². The Labute approximate surface area is 128 Å². The Kier molecular flexibility index (Phi) is 5.33. The topological polar surface area (TPSA) is 75.4 Å². The summed E-state index contributed by atoms with van der Waals surface area (Å²) in [7, 11) is 0. The van der Waals surface area contributed by atoms with Crippen LogP contribution in [0.25, 0.3) is 0 Å². The van der Waals surface area contributed by atoms with Gasteiger partial charge in [-0.25, -0.2) is 0 Å². The van der Waals surface area contributed by atoms with Crippen LogP contribution >= 0.6 is 11.6 Å². The molecule has 1 amide bonds. The number of nitrogens with one attached hydrogen (secondary N) is 1. The van der Waals surface area contributed by atoms with Gasteiger partial charge in [-0.15, -0.1) is 0 Å². The molecule has 0 fully saturated rings. The molecule has 21 heavy (non-hydrogen) atoms. The lowest BCUT2D eigenvalue weighted by atomic mass is 10.1. The number of benzene rings is 2. The van der Waals surface area contributed by atoms with E-state index in [9.17, 15) is 9.90 Å². The highest BCUT2D eigenvalue weighted by atomic mass is 35.5. The maximum absolute atomic E-state index is 11.0. The number of carbonyl (C=O) groups is 1. The minimum absolute atomic E-state index is 0.382. The summed E-state index contributed by atoms with van der Waals surface area (Å²) in [6, 6.07) is 14.4. The fraction of sp³-hybridized carbons (Fsp3) is 0.188. The van der Waals surface area contributed by atoms with Crippen LogP contribution in [-0.2, 0) is 6.54 Å². The molecule has 4 N–H and O–H groups in total. The third kappa shape index (κ3) is 4.29. The number of primary amides is 1. The summed E-state index contributed by atoms with van der Waals surface area (Å²) in [6.45, 7) is 0.916. The highest BCUT2D eigenvalue weighted by Crippen LogP contribution is 2.18. The molecule has 0 radical (unpaired) electrons. The first-order valence-corrected chi connectivity index (χ1v) is 6.97. The molecule has 2 aromatic rings. The summed E-state index contributed by atoms with van der Waals surface area (Å²) in [6.07, 6.45) is -0.574. The van der Waals surface area contributed by atoms with Gasteiger partial charge < -0.3 is 16.2 Å². The van der Waals surface area contributed by atoms with Crippen LogP contribution in [0.5, 0.6) is 0 Å². The zero-order valence-electron chi connectivity index (χ0n) is 11.4. The van der Waals surface area contributed by atoms with Crippen LogP contribution in [0, 0.1) is 0 Å². The number of halogens is 1. The lowest BCUT2D eigenvalue weighted by molar-refractivity contribution is 0.100. The van der Waals surface area contributed by atoms with Crippen molar-refractivity contribution in [2.24, 2.45) is 5.73 Å². The van der Waals surface area contributed by atoms with E-state index in [-0.39, 0.29) is 0 Å². The highest BCUT2D eigenvalue weighted by Gasteiger charge is 2.08. The van der Waals surface area contributed by atoms with Crippen molar-refractivity contribution in [2.45, 2.75) is 12.6 Å². The molecular formula is C16H17ClN2O2. The van der Waals surface area contributed by atoms with Crippen LogP contribution in [0.3, 0.4) is 0 Å². The standard InChI is InChI=1S/C16H17ClN2O2/c17-14-8-12(16(18)21)6-7-13(14)9-19-10-15(20)11-4-2-1-3-5-11/h1-8,15,19-20H,9-10H2,(H2,18,21). The van der Waals surface area contributed by atoms with Crippen molar-refractivity contribution in [2.75, 3.05) is 6.54 Å². The number of carbonyl (C=O) groups excluding carboxylic acids is 1. The summed E-state index contributed by atoms with van der Waals surface area (Å²) in [5.41, 5.74) is 7.28. The van der Waals surface area contributed by atoms with Gasteiger partial charge in [0, 0.05) is 23.7 Å². The Balaban J connectivity index is 1.90.